The second-order valence-corrected chi connectivity index (χ2v) is 7.98. The van der Waals surface area contributed by atoms with Crippen LogP contribution >= 0.6 is 0 Å². The van der Waals surface area contributed by atoms with Gasteiger partial charge in [0.25, 0.3) is 0 Å². The first kappa shape index (κ1) is 30.9. The summed E-state index contributed by atoms with van der Waals surface area (Å²) < 4.78 is 19.7. The van der Waals surface area contributed by atoms with E-state index < -0.39 is 55.9 Å². The fourth-order valence-electron chi connectivity index (χ4n) is 2.92. The van der Waals surface area contributed by atoms with E-state index in [1.807, 2.05) is 7.05 Å². The second kappa shape index (κ2) is 18.2. The topological polar surface area (TPSA) is 171 Å². The van der Waals surface area contributed by atoms with E-state index in [0.717, 1.165) is 39.2 Å². The fourth-order valence-corrected chi connectivity index (χ4v) is 2.92. The maximum Gasteiger partial charge on any atom is 0.357 e. The summed E-state index contributed by atoms with van der Waals surface area (Å²) in [6.07, 6.45) is 2.87. The number of carbonyl (C=O) groups excluding carboxylic acids is 4. The van der Waals surface area contributed by atoms with E-state index in [1.165, 1.54) is 18.2 Å². The zero-order chi connectivity index (χ0) is 26.8. The number of aromatic nitrogens is 1. The molecule has 0 spiro atoms. The van der Waals surface area contributed by atoms with Crippen LogP contribution in [-0.4, -0.2) is 91.3 Å². The molecule has 36 heavy (non-hydrogen) atoms. The highest BCUT2D eigenvalue weighted by atomic mass is 16.6. The van der Waals surface area contributed by atoms with Gasteiger partial charge in [-0.25, -0.2) is 14.6 Å². The molecule has 0 aliphatic rings. The van der Waals surface area contributed by atoms with Gasteiger partial charge in [0.2, 0.25) is 0 Å². The Morgan fingerprint density at radius 3 is 2.11 bits per heavy atom. The molecule has 3 N–H and O–H groups in total. The van der Waals surface area contributed by atoms with Crippen LogP contribution in [0.15, 0.2) is 18.2 Å². The standard InChI is InChI=1S/C24H36N2O10/c1-17(28)36-19(13-27)16-35-24(32)21-10-8-9-20(26-21)23(31)34-15-18(29)14-33-22(30)11-6-4-3-5-7-12-25-2/h8-10,18-19,25,27,29H,3-7,11-16H2,1-2H3. The monoisotopic (exact) mass is 512 g/mol. The first-order chi connectivity index (χ1) is 17.3. The number of unbranched alkanes of at least 4 members (excludes halogenated alkanes) is 4. The molecule has 1 aromatic heterocycles. The van der Waals surface area contributed by atoms with Gasteiger partial charge in [0, 0.05) is 13.3 Å². The van der Waals surface area contributed by atoms with Gasteiger partial charge in [-0.2, -0.15) is 0 Å². The van der Waals surface area contributed by atoms with Gasteiger partial charge in [0.15, 0.2) is 6.10 Å². The highest BCUT2D eigenvalue weighted by Gasteiger charge is 2.19. The van der Waals surface area contributed by atoms with Crippen LogP contribution in [0.4, 0.5) is 0 Å². The second-order valence-electron chi connectivity index (χ2n) is 7.98. The van der Waals surface area contributed by atoms with E-state index in [-0.39, 0.29) is 24.4 Å². The highest BCUT2D eigenvalue weighted by molar-refractivity contribution is 5.91. The molecule has 1 aromatic rings. The zero-order valence-corrected chi connectivity index (χ0v) is 20.8. The Morgan fingerprint density at radius 1 is 0.917 bits per heavy atom. The van der Waals surface area contributed by atoms with Crippen molar-refractivity contribution in [3.63, 3.8) is 0 Å². The van der Waals surface area contributed by atoms with Crippen molar-refractivity contribution >= 4 is 23.9 Å². The normalized spacial score (nSPS) is 12.3. The van der Waals surface area contributed by atoms with Crippen LogP contribution in [0.3, 0.4) is 0 Å². The minimum Gasteiger partial charge on any atom is -0.463 e. The Bertz CT molecular complexity index is 833. The quantitative estimate of drug-likeness (QED) is 0.144. The first-order valence-corrected chi connectivity index (χ1v) is 11.8. The third-order valence-corrected chi connectivity index (χ3v) is 4.76. The molecule has 1 rings (SSSR count). The highest BCUT2D eigenvalue weighted by Crippen LogP contribution is 2.07. The predicted octanol–water partition coefficient (Wildman–Crippen LogP) is 0.783. The summed E-state index contributed by atoms with van der Waals surface area (Å²) in [5.41, 5.74) is -0.414. The minimum absolute atomic E-state index is 0.206. The summed E-state index contributed by atoms with van der Waals surface area (Å²) in [5.74, 6) is -2.88. The number of aliphatic hydroxyl groups is 2. The number of hydrogen-bond acceptors (Lipinski definition) is 12. The molecular weight excluding hydrogens is 476 g/mol. The van der Waals surface area contributed by atoms with Crippen LogP contribution in [0.1, 0.15) is 66.4 Å². The number of carbonyl (C=O) groups is 4. The lowest BCUT2D eigenvalue weighted by molar-refractivity contribution is -0.151. The van der Waals surface area contributed by atoms with Crippen molar-refractivity contribution in [3.8, 4) is 0 Å². The summed E-state index contributed by atoms with van der Waals surface area (Å²) in [6.45, 7) is 0.437. The van der Waals surface area contributed by atoms with Crippen LogP contribution in [-0.2, 0) is 28.5 Å². The molecule has 2 unspecified atom stereocenters. The molecule has 0 aromatic carbocycles. The number of hydrogen-bond donors (Lipinski definition) is 3. The molecule has 2 atom stereocenters. The Kier molecular flexibility index (Phi) is 15.7. The largest absolute Gasteiger partial charge is 0.463 e. The molecule has 0 aliphatic heterocycles. The number of esters is 4. The number of rotatable bonds is 18. The molecule has 12 heteroatoms. The molecule has 1 heterocycles. The maximum absolute atomic E-state index is 12.2. The van der Waals surface area contributed by atoms with Crippen LogP contribution < -0.4 is 5.32 Å². The van der Waals surface area contributed by atoms with Crippen molar-refractivity contribution in [2.75, 3.05) is 40.0 Å². The number of pyridine rings is 1. The molecule has 0 aliphatic carbocycles. The zero-order valence-electron chi connectivity index (χ0n) is 20.8. The van der Waals surface area contributed by atoms with E-state index in [0.29, 0.717) is 6.42 Å². The van der Waals surface area contributed by atoms with E-state index in [9.17, 15) is 24.3 Å². The van der Waals surface area contributed by atoms with Gasteiger partial charge in [-0.3, -0.25) is 9.59 Å². The van der Waals surface area contributed by atoms with Gasteiger partial charge in [0.05, 0.1) is 6.61 Å². The molecular formula is C24H36N2O10. The maximum atomic E-state index is 12.2. The molecule has 12 nitrogen and oxygen atoms in total. The Morgan fingerprint density at radius 2 is 1.50 bits per heavy atom. The molecule has 202 valence electrons. The predicted molar refractivity (Wildman–Crippen MR) is 126 cm³/mol. The van der Waals surface area contributed by atoms with E-state index in [1.54, 1.807) is 0 Å². The average Bonchev–Trinajstić information content (AvgIpc) is 2.87. The fraction of sp³-hybridized carbons (Fsp3) is 0.625. The van der Waals surface area contributed by atoms with Crippen molar-refractivity contribution in [3.05, 3.63) is 29.6 Å². The van der Waals surface area contributed by atoms with Crippen LogP contribution in [0.5, 0.6) is 0 Å². The third-order valence-electron chi connectivity index (χ3n) is 4.76. The van der Waals surface area contributed by atoms with Crippen molar-refractivity contribution in [2.45, 2.75) is 57.7 Å². The Labute approximate surface area is 210 Å². The van der Waals surface area contributed by atoms with Gasteiger partial charge < -0.3 is 34.5 Å². The first-order valence-electron chi connectivity index (χ1n) is 11.8. The lowest BCUT2D eigenvalue weighted by Crippen LogP contribution is -2.28. The lowest BCUT2D eigenvalue weighted by Gasteiger charge is -2.14. The summed E-state index contributed by atoms with van der Waals surface area (Å²) in [5, 5.41) is 22.1. The lowest BCUT2D eigenvalue weighted by atomic mass is 10.1. The van der Waals surface area contributed by atoms with Crippen molar-refractivity contribution in [1.29, 1.82) is 0 Å². The number of nitrogens with zero attached hydrogens (tertiary/aromatic N) is 1. The Balaban J connectivity index is 2.35. The van der Waals surface area contributed by atoms with E-state index in [2.05, 4.69) is 10.3 Å². The number of ether oxygens (including phenoxy) is 4. The van der Waals surface area contributed by atoms with Gasteiger partial charge in [-0.1, -0.05) is 25.3 Å². The van der Waals surface area contributed by atoms with Crippen molar-refractivity contribution < 1.29 is 48.3 Å². The molecule has 0 saturated heterocycles. The van der Waals surface area contributed by atoms with Crippen LogP contribution in [0.25, 0.3) is 0 Å². The van der Waals surface area contributed by atoms with Crippen molar-refractivity contribution in [2.24, 2.45) is 0 Å². The summed E-state index contributed by atoms with van der Waals surface area (Å²) in [4.78, 5) is 50.9. The summed E-state index contributed by atoms with van der Waals surface area (Å²) in [7, 11) is 1.91. The summed E-state index contributed by atoms with van der Waals surface area (Å²) in [6, 6.07) is 3.99. The number of nitrogens with one attached hydrogen (secondary N) is 1. The SMILES string of the molecule is CNCCCCCCCC(=O)OCC(O)COC(=O)c1cccc(C(=O)OCC(CO)OC(C)=O)n1. The van der Waals surface area contributed by atoms with Gasteiger partial charge >= 0.3 is 23.9 Å². The van der Waals surface area contributed by atoms with Gasteiger partial charge in [-0.05, 0) is 38.6 Å². The molecule has 0 bridgehead atoms. The molecule has 0 amide bonds. The van der Waals surface area contributed by atoms with Crippen molar-refractivity contribution in [1.82, 2.24) is 10.3 Å². The van der Waals surface area contributed by atoms with Gasteiger partial charge in [-0.15, -0.1) is 0 Å². The molecule has 0 saturated carbocycles. The van der Waals surface area contributed by atoms with Crippen LogP contribution in [0, 0.1) is 0 Å². The Hall–Kier alpha value is -3.09. The minimum atomic E-state index is -1.22. The average molecular weight is 513 g/mol. The third kappa shape index (κ3) is 13.7. The summed E-state index contributed by atoms with van der Waals surface area (Å²) >= 11 is 0. The van der Waals surface area contributed by atoms with Gasteiger partial charge in [0.1, 0.15) is 37.3 Å². The van der Waals surface area contributed by atoms with Crippen LogP contribution in [0.2, 0.25) is 0 Å². The molecule has 0 fully saturated rings. The number of aliphatic hydroxyl groups excluding tert-OH is 2. The van der Waals surface area contributed by atoms with E-state index >= 15 is 0 Å². The molecule has 0 radical (unpaired) electrons. The van der Waals surface area contributed by atoms with E-state index in [4.69, 9.17) is 24.1 Å². The smallest absolute Gasteiger partial charge is 0.357 e.